The van der Waals surface area contributed by atoms with Crippen molar-refractivity contribution in [1.82, 2.24) is 35.2 Å². The SMILES string of the molecule is Cc1cccc(-c2nc(N)c(Cl)c(-c3cn(Cc4cc[nH]n4)nn3)n2)c1C. The molecule has 3 N–H and O–H groups in total. The van der Waals surface area contributed by atoms with E-state index in [1.807, 2.05) is 38.1 Å². The van der Waals surface area contributed by atoms with Crippen LogP contribution in [0.3, 0.4) is 0 Å². The van der Waals surface area contributed by atoms with E-state index in [1.54, 1.807) is 17.1 Å². The van der Waals surface area contributed by atoms with Crippen LogP contribution in [0.5, 0.6) is 0 Å². The number of nitrogens with two attached hydrogens (primary N) is 1. The molecule has 0 fully saturated rings. The maximum absolute atomic E-state index is 6.37. The molecule has 0 unspecified atom stereocenters. The summed E-state index contributed by atoms with van der Waals surface area (Å²) in [5, 5.41) is 15.5. The average molecular weight is 381 g/mol. The van der Waals surface area contributed by atoms with Crippen LogP contribution in [0, 0.1) is 13.8 Å². The number of halogens is 1. The van der Waals surface area contributed by atoms with Crippen LogP contribution in [-0.4, -0.2) is 35.2 Å². The monoisotopic (exact) mass is 380 g/mol. The van der Waals surface area contributed by atoms with E-state index >= 15 is 0 Å². The van der Waals surface area contributed by atoms with E-state index in [9.17, 15) is 0 Å². The Morgan fingerprint density at radius 2 is 2.04 bits per heavy atom. The molecule has 0 amide bonds. The summed E-state index contributed by atoms with van der Waals surface area (Å²) in [6.45, 7) is 4.55. The fraction of sp³-hybridized carbons (Fsp3) is 0.167. The van der Waals surface area contributed by atoms with Crippen LogP contribution in [-0.2, 0) is 6.54 Å². The number of H-pyrrole nitrogens is 1. The first-order valence-corrected chi connectivity index (χ1v) is 8.69. The van der Waals surface area contributed by atoms with Crippen LogP contribution in [0.2, 0.25) is 5.02 Å². The highest BCUT2D eigenvalue weighted by atomic mass is 35.5. The van der Waals surface area contributed by atoms with Crippen LogP contribution < -0.4 is 5.73 Å². The molecule has 0 saturated carbocycles. The minimum atomic E-state index is 0.208. The van der Waals surface area contributed by atoms with Gasteiger partial charge < -0.3 is 5.73 Å². The lowest BCUT2D eigenvalue weighted by Crippen LogP contribution is -2.02. The molecule has 0 saturated heterocycles. The van der Waals surface area contributed by atoms with Gasteiger partial charge in [-0.15, -0.1) is 5.10 Å². The fourth-order valence-corrected chi connectivity index (χ4v) is 2.96. The molecular weight excluding hydrogens is 364 g/mol. The van der Waals surface area contributed by atoms with Crippen LogP contribution in [0.1, 0.15) is 16.8 Å². The number of aromatic amines is 1. The van der Waals surface area contributed by atoms with Crippen LogP contribution in [0.4, 0.5) is 5.82 Å². The van der Waals surface area contributed by atoms with Gasteiger partial charge in [0.15, 0.2) is 5.82 Å². The number of rotatable bonds is 4. The Labute approximate surface area is 160 Å². The van der Waals surface area contributed by atoms with Gasteiger partial charge in [0, 0.05) is 11.8 Å². The predicted molar refractivity (Wildman–Crippen MR) is 103 cm³/mol. The standard InChI is InChI=1S/C18H17ClN8/c1-10-4-3-5-13(11(10)2)18-22-16(15(19)17(20)23-18)14-9-27(26-25-14)8-12-6-7-21-24-12/h3-7,9H,8H2,1-2H3,(H,21,24)(H2,20,22,23). The van der Waals surface area contributed by atoms with Gasteiger partial charge in [0.25, 0.3) is 0 Å². The van der Waals surface area contributed by atoms with Gasteiger partial charge in [-0.05, 0) is 31.0 Å². The Kier molecular flexibility index (Phi) is 4.33. The van der Waals surface area contributed by atoms with E-state index in [0.717, 1.165) is 22.4 Å². The lowest BCUT2D eigenvalue weighted by atomic mass is 10.0. The minimum Gasteiger partial charge on any atom is -0.382 e. The molecular formula is C18H17ClN8. The minimum absolute atomic E-state index is 0.208. The Bertz CT molecular complexity index is 1100. The zero-order chi connectivity index (χ0) is 19.0. The maximum Gasteiger partial charge on any atom is 0.162 e. The molecule has 0 aliphatic heterocycles. The number of hydrogen-bond donors (Lipinski definition) is 2. The third-order valence-corrected chi connectivity index (χ3v) is 4.76. The summed E-state index contributed by atoms with van der Waals surface area (Å²) >= 11 is 6.37. The molecule has 0 spiro atoms. The van der Waals surface area contributed by atoms with Gasteiger partial charge in [-0.3, -0.25) is 5.10 Å². The van der Waals surface area contributed by atoms with E-state index < -0.39 is 0 Å². The smallest absolute Gasteiger partial charge is 0.162 e. The van der Waals surface area contributed by atoms with Gasteiger partial charge in [0.1, 0.15) is 22.2 Å². The van der Waals surface area contributed by atoms with Crippen molar-refractivity contribution < 1.29 is 0 Å². The third kappa shape index (κ3) is 3.26. The summed E-state index contributed by atoms with van der Waals surface area (Å²) in [6, 6.07) is 7.84. The topological polar surface area (TPSA) is 111 Å². The van der Waals surface area contributed by atoms with Crippen LogP contribution >= 0.6 is 11.6 Å². The lowest BCUT2D eigenvalue weighted by molar-refractivity contribution is 0.637. The first kappa shape index (κ1) is 17.2. The number of hydrogen-bond acceptors (Lipinski definition) is 6. The number of aryl methyl sites for hydroxylation is 1. The number of benzene rings is 1. The van der Waals surface area contributed by atoms with Crippen molar-refractivity contribution in [3.63, 3.8) is 0 Å². The third-order valence-electron chi connectivity index (χ3n) is 4.39. The first-order valence-electron chi connectivity index (χ1n) is 8.31. The van der Waals surface area contributed by atoms with Crippen molar-refractivity contribution >= 4 is 17.4 Å². The molecule has 0 bridgehead atoms. The number of aromatic nitrogens is 7. The molecule has 0 aliphatic rings. The van der Waals surface area contributed by atoms with Crippen molar-refractivity contribution in [2.24, 2.45) is 0 Å². The molecule has 0 atom stereocenters. The van der Waals surface area contributed by atoms with Gasteiger partial charge in [-0.25, -0.2) is 14.6 Å². The normalized spacial score (nSPS) is 11.1. The first-order chi connectivity index (χ1) is 13.0. The summed E-state index contributed by atoms with van der Waals surface area (Å²) in [6.07, 6.45) is 3.51. The number of nitrogen functional groups attached to an aromatic ring is 1. The highest BCUT2D eigenvalue weighted by Crippen LogP contribution is 2.32. The van der Waals surface area contributed by atoms with E-state index in [4.69, 9.17) is 17.3 Å². The second-order valence-corrected chi connectivity index (χ2v) is 6.59. The summed E-state index contributed by atoms with van der Waals surface area (Å²) in [4.78, 5) is 8.99. The predicted octanol–water partition coefficient (Wildman–Crippen LogP) is 3.03. The molecule has 4 aromatic rings. The number of nitrogens with zero attached hydrogens (tertiary/aromatic N) is 6. The van der Waals surface area contributed by atoms with Crippen molar-refractivity contribution in [3.8, 4) is 22.8 Å². The summed E-state index contributed by atoms with van der Waals surface area (Å²) in [5.41, 5.74) is 11.0. The molecule has 9 heteroatoms. The van der Waals surface area contributed by atoms with Gasteiger partial charge in [0.2, 0.25) is 0 Å². The number of anilines is 1. The number of nitrogens with one attached hydrogen (secondary N) is 1. The molecule has 0 aliphatic carbocycles. The molecule has 3 heterocycles. The van der Waals surface area contributed by atoms with Gasteiger partial charge in [-0.1, -0.05) is 35.0 Å². The zero-order valence-corrected chi connectivity index (χ0v) is 15.6. The highest BCUT2D eigenvalue weighted by Gasteiger charge is 2.18. The molecule has 3 aromatic heterocycles. The van der Waals surface area contributed by atoms with Gasteiger partial charge >= 0.3 is 0 Å². The second kappa shape index (κ2) is 6.81. The van der Waals surface area contributed by atoms with Crippen LogP contribution in [0.15, 0.2) is 36.7 Å². The van der Waals surface area contributed by atoms with Gasteiger partial charge in [0.05, 0.1) is 18.4 Å². The zero-order valence-electron chi connectivity index (χ0n) is 14.8. The molecule has 8 nitrogen and oxygen atoms in total. The lowest BCUT2D eigenvalue weighted by Gasteiger charge is -2.10. The fourth-order valence-electron chi connectivity index (χ4n) is 2.78. The molecule has 136 valence electrons. The molecule has 4 rings (SSSR count). The highest BCUT2D eigenvalue weighted by molar-refractivity contribution is 6.35. The molecule has 1 aromatic carbocycles. The van der Waals surface area contributed by atoms with E-state index in [2.05, 4.69) is 30.5 Å². The summed E-state index contributed by atoms with van der Waals surface area (Å²) < 4.78 is 1.66. The Hall–Kier alpha value is -3.26. The van der Waals surface area contributed by atoms with Crippen molar-refractivity contribution in [1.29, 1.82) is 0 Å². The van der Waals surface area contributed by atoms with Crippen LogP contribution in [0.25, 0.3) is 22.8 Å². The Balaban J connectivity index is 1.76. The Morgan fingerprint density at radius 3 is 2.81 bits per heavy atom. The van der Waals surface area contributed by atoms with Crippen molar-refractivity contribution in [2.45, 2.75) is 20.4 Å². The Morgan fingerprint density at radius 1 is 1.19 bits per heavy atom. The second-order valence-electron chi connectivity index (χ2n) is 6.21. The molecule has 0 radical (unpaired) electrons. The van der Waals surface area contributed by atoms with Crippen molar-refractivity contribution in [2.75, 3.05) is 5.73 Å². The van der Waals surface area contributed by atoms with E-state index in [-0.39, 0.29) is 10.8 Å². The summed E-state index contributed by atoms with van der Waals surface area (Å²) in [7, 11) is 0. The van der Waals surface area contributed by atoms with Gasteiger partial charge in [-0.2, -0.15) is 5.10 Å². The van der Waals surface area contributed by atoms with Crippen molar-refractivity contribution in [3.05, 3.63) is 58.5 Å². The molecule has 27 heavy (non-hydrogen) atoms. The quantitative estimate of drug-likeness (QED) is 0.563. The average Bonchev–Trinajstić information content (AvgIpc) is 3.32. The van der Waals surface area contributed by atoms with E-state index in [0.29, 0.717) is 23.8 Å². The largest absolute Gasteiger partial charge is 0.382 e. The summed E-state index contributed by atoms with van der Waals surface area (Å²) in [5.74, 6) is 0.717. The maximum atomic E-state index is 6.37. The van der Waals surface area contributed by atoms with E-state index in [1.165, 1.54) is 0 Å².